The van der Waals surface area contributed by atoms with Crippen LogP contribution in [-0.2, 0) is 11.3 Å². The molecule has 8 nitrogen and oxygen atoms in total. The Balaban J connectivity index is 2.02. The zero-order chi connectivity index (χ0) is 17.5. The number of hydrogen-bond donors (Lipinski definition) is 2. The average Bonchev–Trinajstić information content (AvgIpc) is 3.05. The SMILES string of the molecule is COc1cc(C(=O)N[C@@H](C)Cn2cccn2)ccc1OCC(N)=O. The van der Waals surface area contributed by atoms with E-state index in [0.717, 1.165) is 0 Å². The molecular weight excluding hydrogens is 312 g/mol. The first-order valence-electron chi connectivity index (χ1n) is 7.37. The van der Waals surface area contributed by atoms with E-state index in [1.807, 2.05) is 19.2 Å². The van der Waals surface area contributed by atoms with Gasteiger partial charge in [-0.1, -0.05) is 0 Å². The monoisotopic (exact) mass is 332 g/mol. The molecular formula is C16H20N4O4. The van der Waals surface area contributed by atoms with Gasteiger partial charge >= 0.3 is 0 Å². The molecule has 8 heteroatoms. The summed E-state index contributed by atoms with van der Waals surface area (Å²) in [5.74, 6) is -0.137. The number of benzene rings is 1. The zero-order valence-electron chi connectivity index (χ0n) is 13.6. The number of rotatable bonds is 8. The van der Waals surface area contributed by atoms with Gasteiger partial charge in [-0.2, -0.15) is 5.10 Å². The third kappa shape index (κ3) is 4.73. The van der Waals surface area contributed by atoms with Gasteiger partial charge in [0.05, 0.1) is 13.7 Å². The molecule has 3 N–H and O–H groups in total. The highest BCUT2D eigenvalue weighted by molar-refractivity contribution is 5.95. The molecule has 2 amide bonds. The number of nitrogens with zero attached hydrogens (tertiary/aromatic N) is 2. The molecule has 0 aliphatic carbocycles. The summed E-state index contributed by atoms with van der Waals surface area (Å²) in [5.41, 5.74) is 5.47. The van der Waals surface area contributed by atoms with Crippen molar-refractivity contribution in [1.29, 1.82) is 0 Å². The maximum absolute atomic E-state index is 12.3. The van der Waals surface area contributed by atoms with Gasteiger partial charge in [-0.25, -0.2) is 0 Å². The summed E-state index contributed by atoms with van der Waals surface area (Å²) in [5, 5.41) is 6.99. The minimum atomic E-state index is -0.591. The van der Waals surface area contributed by atoms with E-state index in [-0.39, 0.29) is 18.6 Å². The highest BCUT2D eigenvalue weighted by atomic mass is 16.5. The summed E-state index contributed by atoms with van der Waals surface area (Å²) in [7, 11) is 1.45. The van der Waals surface area contributed by atoms with Gasteiger partial charge in [0.15, 0.2) is 18.1 Å². The first kappa shape index (κ1) is 17.3. The Labute approximate surface area is 139 Å². The molecule has 0 bridgehead atoms. The first-order valence-corrected chi connectivity index (χ1v) is 7.37. The summed E-state index contributed by atoms with van der Waals surface area (Å²) in [4.78, 5) is 23.1. The van der Waals surface area contributed by atoms with Gasteiger partial charge in [-0.05, 0) is 31.2 Å². The van der Waals surface area contributed by atoms with Crippen LogP contribution in [0.1, 0.15) is 17.3 Å². The maximum Gasteiger partial charge on any atom is 0.255 e. The average molecular weight is 332 g/mol. The van der Waals surface area contributed by atoms with Crippen LogP contribution in [0.5, 0.6) is 11.5 Å². The number of nitrogens with one attached hydrogen (secondary N) is 1. The van der Waals surface area contributed by atoms with Crippen LogP contribution in [0.2, 0.25) is 0 Å². The number of carbonyl (C=O) groups excluding carboxylic acids is 2. The van der Waals surface area contributed by atoms with Crippen molar-refractivity contribution >= 4 is 11.8 Å². The molecule has 2 rings (SSSR count). The van der Waals surface area contributed by atoms with Gasteiger partial charge in [-0.15, -0.1) is 0 Å². The quantitative estimate of drug-likeness (QED) is 0.735. The van der Waals surface area contributed by atoms with Crippen molar-refractivity contribution in [2.45, 2.75) is 19.5 Å². The number of nitrogens with two attached hydrogens (primary N) is 1. The lowest BCUT2D eigenvalue weighted by atomic mass is 10.1. The predicted molar refractivity (Wildman–Crippen MR) is 86.8 cm³/mol. The molecule has 128 valence electrons. The van der Waals surface area contributed by atoms with Crippen LogP contribution in [0.4, 0.5) is 0 Å². The molecule has 0 saturated carbocycles. The van der Waals surface area contributed by atoms with Crippen molar-refractivity contribution in [3.05, 3.63) is 42.2 Å². The fraction of sp³-hybridized carbons (Fsp3) is 0.312. The van der Waals surface area contributed by atoms with Crippen molar-refractivity contribution in [3.8, 4) is 11.5 Å². The first-order chi connectivity index (χ1) is 11.5. The van der Waals surface area contributed by atoms with Crippen LogP contribution in [-0.4, -0.2) is 41.4 Å². The minimum absolute atomic E-state index is 0.103. The normalized spacial score (nSPS) is 11.6. The van der Waals surface area contributed by atoms with Gasteiger partial charge in [0.25, 0.3) is 11.8 Å². The van der Waals surface area contributed by atoms with E-state index in [2.05, 4.69) is 10.4 Å². The standard InChI is InChI=1S/C16H20N4O4/c1-11(9-20-7-3-6-18-20)19-16(22)12-4-5-13(14(8-12)23-2)24-10-15(17)21/h3-8,11H,9-10H2,1-2H3,(H2,17,21)(H,19,22)/t11-/m0/s1. The Bertz CT molecular complexity index is 700. The van der Waals surface area contributed by atoms with Crippen molar-refractivity contribution < 1.29 is 19.1 Å². The minimum Gasteiger partial charge on any atom is -0.493 e. The summed E-state index contributed by atoms with van der Waals surface area (Å²) < 4.78 is 12.2. The van der Waals surface area contributed by atoms with Crippen LogP contribution >= 0.6 is 0 Å². The molecule has 0 aliphatic rings. The van der Waals surface area contributed by atoms with E-state index < -0.39 is 5.91 Å². The topological polar surface area (TPSA) is 108 Å². The highest BCUT2D eigenvalue weighted by Crippen LogP contribution is 2.28. The Kier molecular flexibility index (Phi) is 5.78. The molecule has 1 atom stereocenters. The van der Waals surface area contributed by atoms with Crippen molar-refractivity contribution in [1.82, 2.24) is 15.1 Å². The third-order valence-corrected chi connectivity index (χ3v) is 3.19. The molecule has 1 heterocycles. The summed E-state index contributed by atoms with van der Waals surface area (Å²) in [6, 6.07) is 6.43. The van der Waals surface area contributed by atoms with E-state index in [0.29, 0.717) is 23.6 Å². The third-order valence-electron chi connectivity index (χ3n) is 3.19. The number of methoxy groups -OCH3 is 1. The largest absolute Gasteiger partial charge is 0.493 e. The van der Waals surface area contributed by atoms with Crippen molar-refractivity contribution in [3.63, 3.8) is 0 Å². The van der Waals surface area contributed by atoms with Crippen molar-refractivity contribution in [2.75, 3.05) is 13.7 Å². The van der Waals surface area contributed by atoms with Gasteiger partial charge in [0.1, 0.15) is 0 Å². The molecule has 2 aromatic rings. The molecule has 1 aromatic carbocycles. The fourth-order valence-corrected chi connectivity index (χ4v) is 2.12. The van der Waals surface area contributed by atoms with E-state index in [1.54, 1.807) is 29.1 Å². The van der Waals surface area contributed by atoms with E-state index in [1.165, 1.54) is 7.11 Å². The van der Waals surface area contributed by atoms with Gasteiger partial charge in [0.2, 0.25) is 0 Å². The molecule has 0 unspecified atom stereocenters. The number of primary amides is 1. The number of hydrogen-bond acceptors (Lipinski definition) is 5. The van der Waals surface area contributed by atoms with Crippen LogP contribution in [0.15, 0.2) is 36.7 Å². The van der Waals surface area contributed by atoms with Crippen LogP contribution in [0, 0.1) is 0 Å². The predicted octanol–water partition coefficient (Wildman–Crippen LogP) is 0.574. The Hall–Kier alpha value is -3.03. The maximum atomic E-state index is 12.3. The number of ether oxygens (including phenoxy) is 2. The molecule has 0 saturated heterocycles. The molecule has 0 aliphatic heterocycles. The fourth-order valence-electron chi connectivity index (χ4n) is 2.12. The zero-order valence-corrected chi connectivity index (χ0v) is 13.6. The molecule has 0 fully saturated rings. The number of aromatic nitrogens is 2. The Morgan fingerprint density at radius 3 is 2.79 bits per heavy atom. The molecule has 24 heavy (non-hydrogen) atoms. The summed E-state index contributed by atoms with van der Waals surface area (Å²) in [6.45, 7) is 2.19. The number of carbonyl (C=O) groups is 2. The second-order valence-corrected chi connectivity index (χ2v) is 5.22. The summed E-state index contributed by atoms with van der Waals surface area (Å²) >= 11 is 0. The van der Waals surface area contributed by atoms with Gasteiger partial charge in [-0.3, -0.25) is 14.3 Å². The molecule has 0 radical (unpaired) electrons. The lowest BCUT2D eigenvalue weighted by molar-refractivity contribution is -0.119. The van der Waals surface area contributed by atoms with Crippen LogP contribution < -0.4 is 20.5 Å². The Morgan fingerprint density at radius 1 is 1.38 bits per heavy atom. The van der Waals surface area contributed by atoms with E-state index in [4.69, 9.17) is 15.2 Å². The van der Waals surface area contributed by atoms with Crippen LogP contribution in [0.3, 0.4) is 0 Å². The second-order valence-electron chi connectivity index (χ2n) is 5.22. The lowest BCUT2D eigenvalue weighted by Crippen LogP contribution is -2.35. The lowest BCUT2D eigenvalue weighted by Gasteiger charge is -2.15. The van der Waals surface area contributed by atoms with E-state index in [9.17, 15) is 9.59 Å². The Morgan fingerprint density at radius 2 is 2.17 bits per heavy atom. The highest BCUT2D eigenvalue weighted by Gasteiger charge is 2.14. The summed E-state index contributed by atoms with van der Waals surface area (Å²) in [6.07, 6.45) is 3.51. The van der Waals surface area contributed by atoms with Crippen LogP contribution in [0.25, 0.3) is 0 Å². The smallest absolute Gasteiger partial charge is 0.255 e. The second kappa shape index (κ2) is 8.00. The van der Waals surface area contributed by atoms with Gasteiger partial charge < -0.3 is 20.5 Å². The number of amides is 2. The van der Waals surface area contributed by atoms with Crippen molar-refractivity contribution in [2.24, 2.45) is 5.73 Å². The van der Waals surface area contributed by atoms with Gasteiger partial charge in [0, 0.05) is 24.0 Å². The molecule has 1 aromatic heterocycles. The molecule has 0 spiro atoms. The van der Waals surface area contributed by atoms with E-state index >= 15 is 0 Å².